The summed E-state index contributed by atoms with van der Waals surface area (Å²) in [6.07, 6.45) is 2.62. The molecule has 1 aliphatic rings. The number of thiophene rings is 1. The van der Waals surface area contributed by atoms with Crippen LogP contribution in [0.2, 0.25) is 0 Å². The minimum atomic E-state index is 0.723. The molecule has 1 saturated carbocycles. The van der Waals surface area contributed by atoms with Gasteiger partial charge in [-0.05, 0) is 38.1 Å². The second-order valence-electron chi connectivity index (χ2n) is 4.86. The molecule has 2 aromatic heterocycles. The minimum absolute atomic E-state index is 0.723. The maximum Gasteiger partial charge on any atom is 0.160 e. The van der Waals surface area contributed by atoms with Gasteiger partial charge < -0.3 is 5.32 Å². The molecular formula is C14H17N3S. The smallest absolute Gasteiger partial charge is 0.160 e. The lowest BCUT2D eigenvalue weighted by atomic mass is 10.1. The molecule has 0 radical (unpaired) electrons. The van der Waals surface area contributed by atoms with Crippen LogP contribution in [0, 0.1) is 13.8 Å². The topological polar surface area (TPSA) is 37.8 Å². The Balaban J connectivity index is 1.87. The summed E-state index contributed by atoms with van der Waals surface area (Å²) in [7, 11) is 0. The predicted octanol–water partition coefficient (Wildman–Crippen LogP) is 3.07. The highest BCUT2D eigenvalue weighted by Crippen LogP contribution is 2.23. The highest BCUT2D eigenvalue weighted by Gasteiger charge is 2.21. The fourth-order valence-electron chi connectivity index (χ4n) is 2.05. The average molecular weight is 259 g/mol. The highest BCUT2D eigenvalue weighted by atomic mass is 32.1. The molecule has 0 bridgehead atoms. The predicted molar refractivity (Wildman–Crippen MR) is 74.7 cm³/mol. The lowest BCUT2D eigenvalue weighted by Crippen LogP contribution is -2.18. The molecule has 0 unspecified atom stereocenters. The largest absolute Gasteiger partial charge is 0.310 e. The van der Waals surface area contributed by atoms with E-state index in [-0.39, 0.29) is 0 Å². The first-order chi connectivity index (χ1) is 8.74. The maximum absolute atomic E-state index is 4.63. The summed E-state index contributed by atoms with van der Waals surface area (Å²) >= 11 is 1.68. The van der Waals surface area contributed by atoms with E-state index in [1.807, 2.05) is 0 Å². The SMILES string of the molecule is Cc1nc(-c2ccsc2)nc(C)c1CNC1CC1. The van der Waals surface area contributed by atoms with Crippen LogP contribution in [0.15, 0.2) is 16.8 Å². The van der Waals surface area contributed by atoms with Gasteiger partial charge in [0, 0.05) is 40.5 Å². The summed E-state index contributed by atoms with van der Waals surface area (Å²) in [5, 5.41) is 7.69. The first kappa shape index (κ1) is 11.8. The van der Waals surface area contributed by atoms with Crippen LogP contribution in [-0.2, 0) is 6.54 Å². The molecule has 4 heteroatoms. The van der Waals surface area contributed by atoms with Crippen LogP contribution in [0.4, 0.5) is 0 Å². The number of nitrogens with one attached hydrogen (secondary N) is 1. The summed E-state index contributed by atoms with van der Waals surface area (Å²) in [4.78, 5) is 9.26. The second kappa shape index (κ2) is 4.78. The normalized spacial score (nSPS) is 15.0. The third kappa shape index (κ3) is 2.44. The fourth-order valence-corrected chi connectivity index (χ4v) is 2.68. The molecule has 0 atom stereocenters. The van der Waals surface area contributed by atoms with Crippen molar-refractivity contribution in [3.8, 4) is 11.4 Å². The molecule has 1 N–H and O–H groups in total. The van der Waals surface area contributed by atoms with Crippen molar-refractivity contribution in [3.05, 3.63) is 33.8 Å². The van der Waals surface area contributed by atoms with E-state index in [1.165, 1.54) is 18.4 Å². The average Bonchev–Trinajstić information content (AvgIpc) is 3.00. The van der Waals surface area contributed by atoms with Gasteiger partial charge in [0.15, 0.2) is 5.82 Å². The molecule has 0 aliphatic heterocycles. The summed E-state index contributed by atoms with van der Waals surface area (Å²) in [5.41, 5.74) is 4.56. The zero-order valence-corrected chi connectivity index (χ0v) is 11.5. The van der Waals surface area contributed by atoms with Crippen LogP contribution < -0.4 is 5.32 Å². The molecule has 1 fully saturated rings. The fraction of sp³-hybridized carbons (Fsp3) is 0.429. The van der Waals surface area contributed by atoms with Crippen molar-refractivity contribution in [2.45, 2.75) is 39.3 Å². The highest BCUT2D eigenvalue weighted by molar-refractivity contribution is 7.08. The van der Waals surface area contributed by atoms with E-state index >= 15 is 0 Å². The second-order valence-corrected chi connectivity index (χ2v) is 5.64. The molecule has 18 heavy (non-hydrogen) atoms. The van der Waals surface area contributed by atoms with Crippen molar-refractivity contribution in [1.82, 2.24) is 15.3 Å². The monoisotopic (exact) mass is 259 g/mol. The van der Waals surface area contributed by atoms with Gasteiger partial charge in [0.2, 0.25) is 0 Å². The van der Waals surface area contributed by atoms with Crippen LogP contribution in [-0.4, -0.2) is 16.0 Å². The van der Waals surface area contributed by atoms with E-state index in [0.29, 0.717) is 0 Å². The third-order valence-corrected chi connectivity index (χ3v) is 4.03. The lowest BCUT2D eigenvalue weighted by Gasteiger charge is -2.11. The van der Waals surface area contributed by atoms with Crippen molar-refractivity contribution in [2.75, 3.05) is 0 Å². The van der Waals surface area contributed by atoms with Gasteiger partial charge in [-0.15, -0.1) is 0 Å². The maximum atomic E-state index is 4.63. The van der Waals surface area contributed by atoms with Crippen molar-refractivity contribution >= 4 is 11.3 Å². The van der Waals surface area contributed by atoms with Crippen molar-refractivity contribution in [1.29, 1.82) is 0 Å². The molecule has 3 rings (SSSR count). The summed E-state index contributed by atoms with van der Waals surface area (Å²) in [5.74, 6) is 0.849. The van der Waals surface area contributed by atoms with E-state index < -0.39 is 0 Å². The standard InChI is InChI=1S/C14H17N3S/c1-9-13(7-15-12-3-4-12)10(2)17-14(16-9)11-5-6-18-8-11/h5-6,8,12,15H,3-4,7H2,1-2H3. The van der Waals surface area contributed by atoms with E-state index in [9.17, 15) is 0 Å². The number of nitrogens with zero attached hydrogens (tertiary/aromatic N) is 2. The van der Waals surface area contributed by atoms with Gasteiger partial charge in [-0.25, -0.2) is 9.97 Å². The Morgan fingerprint density at radius 3 is 2.56 bits per heavy atom. The number of hydrogen-bond donors (Lipinski definition) is 1. The van der Waals surface area contributed by atoms with Crippen LogP contribution in [0.3, 0.4) is 0 Å². The Labute approximate surface area is 111 Å². The molecule has 3 nitrogen and oxygen atoms in total. The molecular weight excluding hydrogens is 242 g/mol. The zero-order chi connectivity index (χ0) is 12.5. The van der Waals surface area contributed by atoms with E-state index in [0.717, 1.165) is 35.4 Å². The van der Waals surface area contributed by atoms with Gasteiger partial charge in [-0.1, -0.05) is 0 Å². The van der Waals surface area contributed by atoms with E-state index in [2.05, 4.69) is 46.0 Å². The van der Waals surface area contributed by atoms with Crippen LogP contribution in [0.5, 0.6) is 0 Å². The lowest BCUT2D eigenvalue weighted by molar-refractivity contribution is 0.675. The molecule has 0 saturated heterocycles. The zero-order valence-electron chi connectivity index (χ0n) is 10.7. The van der Waals surface area contributed by atoms with Crippen LogP contribution in [0.1, 0.15) is 29.8 Å². The van der Waals surface area contributed by atoms with E-state index in [1.54, 1.807) is 11.3 Å². The van der Waals surface area contributed by atoms with Crippen molar-refractivity contribution in [3.63, 3.8) is 0 Å². The van der Waals surface area contributed by atoms with E-state index in [4.69, 9.17) is 0 Å². The molecule has 0 spiro atoms. The number of aromatic nitrogens is 2. The van der Waals surface area contributed by atoms with Gasteiger partial charge in [0.25, 0.3) is 0 Å². The van der Waals surface area contributed by atoms with Gasteiger partial charge in [0.1, 0.15) is 0 Å². The van der Waals surface area contributed by atoms with Gasteiger partial charge >= 0.3 is 0 Å². The Hall–Kier alpha value is -1.26. The molecule has 0 aromatic carbocycles. The molecule has 0 amide bonds. The summed E-state index contributed by atoms with van der Waals surface area (Å²) in [6, 6.07) is 2.79. The molecule has 2 heterocycles. The Kier molecular flexibility index (Phi) is 3.14. The number of aryl methyl sites for hydroxylation is 2. The minimum Gasteiger partial charge on any atom is -0.310 e. The summed E-state index contributed by atoms with van der Waals surface area (Å²) in [6.45, 7) is 5.05. The first-order valence-corrected chi connectivity index (χ1v) is 7.28. The van der Waals surface area contributed by atoms with Crippen molar-refractivity contribution in [2.24, 2.45) is 0 Å². The van der Waals surface area contributed by atoms with Gasteiger partial charge in [-0.2, -0.15) is 11.3 Å². The molecule has 94 valence electrons. The quantitative estimate of drug-likeness (QED) is 0.917. The Bertz CT molecular complexity index is 521. The number of rotatable bonds is 4. The van der Waals surface area contributed by atoms with Crippen LogP contribution >= 0.6 is 11.3 Å². The van der Waals surface area contributed by atoms with Crippen LogP contribution in [0.25, 0.3) is 11.4 Å². The Morgan fingerprint density at radius 1 is 1.28 bits per heavy atom. The molecule has 2 aromatic rings. The first-order valence-electron chi connectivity index (χ1n) is 6.34. The van der Waals surface area contributed by atoms with Crippen molar-refractivity contribution < 1.29 is 0 Å². The van der Waals surface area contributed by atoms with Gasteiger partial charge in [-0.3, -0.25) is 0 Å². The third-order valence-electron chi connectivity index (χ3n) is 3.34. The Morgan fingerprint density at radius 2 is 2.00 bits per heavy atom. The number of hydrogen-bond acceptors (Lipinski definition) is 4. The summed E-state index contributed by atoms with van der Waals surface area (Å²) < 4.78 is 0. The molecule has 1 aliphatic carbocycles. The van der Waals surface area contributed by atoms with Gasteiger partial charge in [0.05, 0.1) is 0 Å².